The Morgan fingerprint density at radius 1 is 1.33 bits per heavy atom. The van der Waals surface area contributed by atoms with E-state index in [9.17, 15) is 9.18 Å². The number of halogens is 2. The molecule has 2 aliphatic rings. The minimum absolute atomic E-state index is 0.0759. The maximum atomic E-state index is 14.6. The number of hydrazine groups is 1. The van der Waals surface area contributed by atoms with Crippen molar-refractivity contribution in [2.45, 2.75) is 37.1 Å². The molecule has 2 amide bonds. The number of likely N-dealkylation sites (tertiary alicyclic amines) is 1. The van der Waals surface area contributed by atoms with Crippen LogP contribution in [0.2, 0.25) is 0 Å². The van der Waals surface area contributed by atoms with Crippen LogP contribution in [0.1, 0.15) is 25.0 Å². The molecule has 13 heteroatoms. The van der Waals surface area contributed by atoms with Crippen LogP contribution in [0.3, 0.4) is 0 Å². The van der Waals surface area contributed by atoms with Crippen LogP contribution in [0.15, 0.2) is 29.9 Å². The van der Waals surface area contributed by atoms with Crippen LogP contribution >= 0.6 is 11.6 Å². The maximum Gasteiger partial charge on any atom is 0.334 e. The normalized spacial score (nSPS) is 19.2. The maximum absolute atomic E-state index is 14.6. The molecule has 190 valence electrons. The highest BCUT2D eigenvalue weighted by atomic mass is 35.5. The van der Waals surface area contributed by atoms with Gasteiger partial charge in [-0.05, 0) is 19.3 Å². The first kappa shape index (κ1) is 24.2. The van der Waals surface area contributed by atoms with Crippen molar-refractivity contribution in [1.29, 1.82) is 0 Å². The van der Waals surface area contributed by atoms with E-state index in [1.807, 2.05) is 6.08 Å². The summed E-state index contributed by atoms with van der Waals surface area (Å²) in [5.74, 6) is 5.95. The third kappa shape index (κ3) is 5.19. The summed E-state index contributed by atoms with van der Waals surface area (Å²) in [6.07, 6.45) is 11.3. The van der Waals surface area contributed by atoms with Gasteiger partial charge in [-0.2, -0.15) is 0 Å². The minimum Gasteiger partial charge on any atom is -0.365 e. The zero-order valence-electron chi connectivity index (χ0n) is 19.6. The van der Waals surface area contributed by atoms with Crippen molar-refractivity contribution in [3.63, 3.8) is 0 Å². The third-order valence-electron chi connectivity index (χ3n) is 6.46. The average molecular weight is 515 g/mol. The molecular formula is C23H28ClFN10O. The number of hydrogen-bond donors (Lipinski definition) is 4. The molecule has 2 aliphatic heterocycles. The van der Waals surface area contributed by atoms with Gasteiger partial charge in [-0.3, -0.25) is 10.0 Å². The molecule has 5 N–H and O–H groups in total. The van der Waals surface area contributed by atoms with Crippen molar-refractivity contribution in [1.82, 2.24) is 34.8 Å². The highest BCUT2D eigenvalue weighted by Gasteiger charge is 2.29. The van der Waals surface area contributed by atoms with Crippen molar-refractivity contribution in [3.8, 4) is 11.4 Å². The standard InChI is InChI=1S/C23H28ClFN10O/c24-14-7-17-18(11-30-20(17)28-8-14)21-31-12-19(25)22(33-21)29-10-16-3-1-2-5-34(16)23(36)35(26)6-4-15-9-27-13-32-15/h7,9,11-14,16H,1-6,8,10,26H2,(H,27,32)(H,28,30)(H,29,31,33)/t14?,16-/m1/s1. The van der Waals surface area contributed by atoms with E-state index in [1.165, 1.54) is 5.01 Å². The first-order valence-corrected chi connectivity index (χ1v) is 12.4. The number of rotatable bonds is 7. The van der Waals surface area contributed by atoms with Crippen LogP contribution in [0.4, 0.5) is 15.0 Å². The van der Waals surface area contributed by atoms with Gasteiger partial charge in [-0.25, -0.2) is 30.0 Å². The van der Waals surface area contributed by atoms with Crippen molar-refractivity contribution < 1.29 is 9.18 Å². The second kappa shape index (κ2) is 10.6. The molecule has 3 aromatic rings. The molecule has 1 fully saturated rings. The summed E-state index contributed by atoms with van der Waals surface area (Å²) in [6, 6.07) is -0.398. The average Bonchev–Trinajstić information content (AvgIpc) is 3.56. The van der Waals surface area contributed by atoms with Gasteiger partial charge in [-0.15, -0.1) is 11.6 Å². The Balaban J connectivity index is 1.28. The van der Waals surface area contributed by atoms with Gasteiger partial charge < -0.3 is 20.2 Å². The lowest BCUT2D eigenvalue weighted by atomic mass is 10.0. The van der Waals surface area contributed by atoms with Crippen LogP contribution in [0, 0.1) is 5.82 Å². The molecule has 3 aromatic heterocycles. The molecule has 2 atom stereocenters. The predicted molar refractivity (Wildman–Crippen MR) is 133 cm³/mol. The van der Waals surface area contributed by atoms with E-state index in [4.69, 9.17) is 17.4 Å². The van der Waals surface area contributed by atoms with E-state index in [2.05, 4.69) is 35.2 Å². The summed E-state index contributed by atoms with van der Waals surface area (Å²) < 4.78 is 14.6. The molecule has 0 spiro atoms. The van der Waals surface area contributed by atoms with Gasteiger partial charge in [0.15, 0.2) is 17.5 Å². The molecule has 36 heavy (non-hydrogen) atoms. The lowest BCUT2D eigenvalue weighted by Crippen LogP contribution is -2.55. The molecule has 1 saturated heterocycles. The Bertz CT molecular complexity index is 1330. The van der Waals surface area contributed by atoms with Crippen molar-refractivity contribution >= 4 is 29.5 Å². The number of alkyl halides is 1. The lowest BCUT2D eigenvalue weighted by Gasteiger charge is -2.38. The quantitative estimate of drug-likeness (QED) is 0.161. The number of urea groups is 1. The molecule has 5 rings (SSSR count). The van der Waals surface area contributed by atoms with Crippen molar-refractivity contribution in [3.05, 3.63) is 47.1 Å². The summed E-state index contributed by atoms with van der Waals surface area (Å²) in [7, 11) is 0. The number of carbonyl (C=O) groups is 1. The first-order chi connectivity index (χ1) is 17.5. The number of anilines is 1. The van der Waals surface area contributed by atoms with Gasteiger partial charge in [0, 0.05) is 54.9 Å². The summed E-state index contributed by atoms with van der Waals surface area (Å²) in [5, 5.41) is 4.90. The van der Waals surface area contributed by atoms with Crippen molar-refractivity contribution in [2.75, 3.05) is 31.5 Å². The summed E-state index contributed by atoms with van der Waals surface area (Å²) in [6.45, 7) is 1.78. The van der Waals surface area contributed by atoms with Gasteiger partial charge in [0.25, 0.3) is 0 Å². The second-order valence-electron chi connectivity index (χ2n) is 8.90. The minimum atomic E-state index is -0.569. The fourth-order valence-corrected chi connectivity index (χ4v) is 4.74. The lowest BCUT2D eigenvalue weighted by molar-refractivity contribution is 0.119. The number of piperidine rings is 1. The summed E-state index contributed by atoms with van der Waals surface area (Å²) in [5.41, 5.74) is 2.31. The molecule has 0 bridgehead atoms. The predicted octanol–water partition coefficient (Wildman–Crippen LogP) is 1.16. The van der Waals surface area contributed by atoms with E-state index in [0.29, 0.717) is 49.5 Å². The molecule has 11 nitrogen and oxygen atoms in total. The number of aromatic amines is 2. The van der Waals surface area contributed by atoms with E-state index in [-0.39, 0.29) is 23.3 Å². The molecular weight excluding hydrogens is 487 g/mol. The molecule has 0 aromatic carbocycles. The number of nitrogens with one attached hydrogen (secondary N) is 3. The molecule has 5 heterocycles. The number of aromatic nitrogens is 5. The van der Waals surface area contributed by atoms with Crippen LogP contribution in [0.25, 0.3) is 17.5 Å². The van der Waals surface area contributed by atoms with Gasteiger partial charge in [0.2, 0.25) is 0 Å². The smallest absolute Gasteiger partial charge is 0.334 e. The number of fused-ring (bicyclic) bond motifs is 1. The number of amides is 2. The summed E-state index contributed by atoms with van der Waals surface area (Å²) >= 11 is 6.23. The third-order valence-corrected chi connectivity index (χ3v) is 6.72. The van der Waals surface area contributed by atoms with Gasteiger partial charge >= 0.3 is 6.03 Å². The number of imidazole rings is 1. The number of H-pyrrole nitrogens is 2. The Labute approximate surface area is 211 Å². The summed E-state index contributed by atoms with van der Waals surface area (Å²) in [4.78, 5) is 37.9. The van der Waals surface area contributed by atoms with E-state index in [0.717, 1.165) is 36.4 Å². The van der Waals surface area contributed by atoms with E-state index in [1.54, 1.807) is 23.6 Å². The number of hydrogen-bond acceptors (Lipinski definition) is 7. The van der Waals surface area contributed by atoms with Crippen LogP contribution in [0.5, 0.6) is 0 Å². The Kier molecular flexibility index (Phi) is 7.14. The second-order valence-corrected chi connectivity index (χ2v) is 9.47. The molecule has 1 unspecified atom stereocenters. The van der Waals surface area contributed by atoms with Crippen LogP contribution < -0.4 is 21.9 Å². The van der Waals surface area contributed by atoms with E-state index < -0.39 is 5.82 Å². The number of nitrogens with zero attached hydrogens (tertiary/aromatic N) is 6. The van der Waals surface area contributed by atoms with Crippen LogP contribution in [-0.4, -0.2) is 78.5 Å². The van der Waals surface area contributed by atoms with Gasteiger partial charge in [-0.1, -0.05) is 6.08 Å². The number of carbonyl (C=O) groups excluding carboxylic acids is 1. The van der Waals surface area contributed by atoms with Gasteiger partial charge in [0.1, 0.15) is 5.49 Å². The molecule has 0 aliphatic carbocycles. The Hall–Kier alpha value is -3.51. The zero-order chi connectivity index (χ0) is 25.1. The molecule has 0 saturated carbocycles. The topological polar surface area (TPSA) is 144 Å². The van der Waals surface area contributed by atoms with Crippen LogP contribution in [-0.2, 0) is 6.42 Å². The monoisotopic (exact) mass is 514 g/mol. The fraction of sp³-hybridized carbons (Fsp3) is 0.435. The SMILES string of the molecule is NN(CCc1cnc[nH]1)C(=O)N1CCCC[C@@H]1CNc1nc(-c2c[nH]c3c2=CC(Cl)CN=3)ncc1F. The largest absolute Gasteiger partial charge is 0.365 e. The fourth-order valence-electron chi connectivity index (χ4n) is 4.54. The zero-order valence-corrected chi connectivity index (χ0v) is 20.4. The first-order valence-electron chi connectivity index (χ1n) is 11.9. The highest BCUT2D eigenvalue weighted by Crippen LogP contribution is 2.21. The highest BCUT2D eigenvalue weighted by molar-refractivity contribution is 6.24. The van der Waals surface area contributed by atoms with Gasteiger partial charge in [0.05, 0.1) is 30.5 Å². The Morgan fingerprint density at radius 3 is 3.06 bits per heavy atom. The molecule has 0 radical (unpaired) electrons. The van der Waals surface area contributed by atoms with E-state index >= 15 is 0 Å². The number of nitrogens with two attached hydrogens (primary N) is 1. The Morgan fingerprint density at radius 2 is 2.22 bits per heavy atom. The van der Waals surface area contributed by atoms with Crippen molar-refractivity contribution in [2.24, 2.45) is 10.8 Å².